The minimum Gasteiger partial charge on any atom is -0.481 e. The number of rotatable bonds is 8. The SMILES string of the molecule is CC(C)CONS(=O)(=O)c1cnn(CCC(=O)O)c1. The van der Waals surface area contributed by atoms with Crippen molar-refractivity contribution < 1.29 is 23.2 Å². The molecule has 8 nitrogen and oxygen atoms in total. The molecule has 0 amide bonds. The number of hydrogen-bond donors (Lipinski definition) is 2. The minimum absolute atomic E-state index is 0.0679. The maximum absolute atomic E-state index is 11.8. The third kappa shape index (κ3) is 5.37. The molecule has 0 atom stereocenters. The van der Waals surface area contributed by atoms with Gasteiger partial charge in [-0.25, -0.2) is 8.42 Å². The summed E-state index contributed by atoms with van der Waals surface area (Å²) in [5.74, 6) is -0.778. The van der Waals surface area contributed by atoms with E-state index in [9.17, 15) is 13.2 Å². The molecule has 0 unspecified atom stereocenters. The minimum atomic E-state index is -3.78. The Kier molecular flexibility index (Phi) is 5.45. The molecule has 1 rings (SSSR count). The Morgan fingerprint density at radius 3 is 2.84 bits per heavy atom. The van der Waals surface area contributed by atoms with Gasteiger partial charge in [0.15, 0.2) is 0 Å². The fourth-order valence-corrected chi connectivity index (χ4v) is 1.91. The number of nitrogens with one attached hydrogen (secondary N) is 1. The quantitative estimate of drug-likeness (QED) is 0.663. The Morgan fingerprint density at radius 1 is 1.58 bits per heavy atom. The Labute approximate surface area is 111 Å². The average Bonchev–Trinajstić information content (AvgIpc) is 2.74. The van der Waals surface area contributed by atoms with Crippen LogP contribution in [0.15, 0.2) is 17.3 Å². The monoisotopic (exact) mass is 291 g/mol. The molecule has 0 aromatic carbocycles. The van der Waals surface area contributed by atoms with Gasteiger partial charge >= 0.3 is 5.97 Å². The summed E-state index contributed by atoms with van der Waals surface area (Å²) in [6, 6.07) is 0. The lowest BCUT2D eigenvalue weighted by atomic mass is 10.2. The summed E-state index contributed by atoms with van der Waals surface area (Å²) >= 11 is 0. The van der Waals surface area contributed by atoms with Crippen LogP contribution >= 0.6 is 0 Å². The molecular formula is C10H17N3O5S. The second kappa shape index (κ2) is 6.64. The first-order chi connectivity index (χ1) is 8.81. The van der Waals surface area contributed by atoms with Crippen molar-refractivity contribution in [1.29, 1.82) is 0 Å². The van der Waals surface area contributed by atoms with Crippen LogP contribution in [-0.2, 0) is 26.2 Å². The molecule has 0 bridgehead atoms. The lowest BCUT2D eigenvalue weighted by Gasteiger charge is -2.07. The summed E-state index contributed by atoms with van der Waals surface area (Å²) in [6.45, 7) is 4.14. The first-order valence-electron chi connectivity index (χ1n) is 5.69. The van der Waals surface area contributed by atoms with Gasteiger partial charge in [0.05, 0.1) is 25.8 Å². The van der Waals surface area contributed by atoms with Crippen molar-refractivity contribution >= 4 is 16.0 Å². The van der Waals surface area contributed by atoms with Crippen LogP contribution in [0.2, 0.25) is 0 Å². The van der Waals surface area contributed by atoms with E-state index in [0.29, 0.717) is 0 Å². The van der Waals surface area contributed by atoms with E-state index in [1.54, 1.807) is 0 Å². The summed E-state index contributed by atoms with van der Waals surface area (Å²) in [5.41, 5.74) is 0. The molecule has 0 radical (unpaired) electrons. The highest BCUT2D eigenvalue weighted by atomic mass is 32.2. The van der Waals surface area contributed by atoms with Crippen LogP contribution < -0.4 is 4.89 Å². The van der Waals surface area contributed by atoms with E-state index in [2.05, 4.69) is 5.10 Å². The molecule has 2 N–H and O–H groups in total. The van der Waals surface area contributed by atoms with Crippen LogP contribution in [0.25, 0.3) is 0 Å². The smallest absolute Gasteiger partial charge is 0.305 e. The second-order valence-electron chi connectivity index (χ2n) is 4.37. The molecule has 0 saturated carbocycles. The zero-order valence-corrected chi connectivity index (χ0v) is 11.6. The first-order valence-corrected chi connectivity index (χ1v) is 7.17. The van der Waals surface area contributed by atoms with Gasteiger partial charge in [0.25, 0.3) is 10.0 Å². The fourth-order valence-electron chi connectivity index (χ4n) is 1.14. The molecule has 1 aromatic heterocycles. The van der Waals surface area contributed by atoms with Gasteiger partial charge in [0, 0.05) is 6.20 Å². The number of carboxylic acids is 1. The number of carbonyl (C=O) groups is 1. The molecule has 1 aromatic rings. The summed E-state index contributed by atoms with van der Waals surface area (Å²) in [6.07, 6.45) is 2.27. The fraction of sp³-hybridized carbons (Fsp3) is 0.600. The van der Waals surface area contributed by atoms with Gasteiger partial charge in [0.1, 0.15) is 4.90 Å². The lowest BCUT2D eigenvalue weighted by molar-refractivity contribution is -0.137. The zero-order chi connectivity index (χ0) is 14.5. The van der Waals surface area contributed by atoms with E-state index in [-0.39, 0.29) is 30.4 Å². The number of aliphatic carboxylic acids is 1. The van der Waals surface area contributed by atoms with Gasteiger partial charge in [-0.1, -0.05) is 18.7 Å². The molecular weight excluding hydrogens is 274 g/mol. The highest BCUT2D eigenvalue weighted by Crippen LogP contribution is 2.07. The van der Waals surface area contributed by atoms with Crippen molar-refractivity contribution in [3.05, 3.63) is 12.4 Å². The summed E-state index contributed by atoms with van der Waals surface area (Å²) in [7, 11) is -3.78. The van der Waals surface area contributed by atoms with Crippen LogP contribution in [-0.4, -0.2) is 35.9 Å². The maximum atomic E-state index is 11.8. The normalized spacial score (nSPS) is 11.9. The molecule has 19 heavy (non-hydrogen) atoms. The predicted molar refractivity (Wildman–Crippen MR) is 65.6 cm³/mol. The van der Waals surface area contributed by atoms with E-state index in [4.69, 9.17) is 9.94 Å². The number of aryl methyl sites for hydroxylation is 1. The number of nitrogens with zero attached hydrogens (tertiary/aromatic N) is 2. The number of hydrogen-bond acceptors (Lipinski definition) is 5. The Bertz CT molecular complexity index is 523. The number of aromatic nitrogens is 2. The van der Waals surface area contributed by atoms with Crippen LogP contribution in [0, 0.1) is 5.92 Å². The van der Waals surface area contributed by atoms with E-state index in [1.807, 2.05) is 18.7 Å². The average molecular weight is 291 g/mol. The van der Waals surface area contributed by atoms with Crippen LogP contribution in [0.3, 0.4) is 0 Å². The summed E-state index contributed by atoms with van der Waals surface area (Å²) < 4.78 is 24.8. The van der Waals surface area contributed by atoms with E-state index in [0.717, 1.165) is 6.20 Å². The molecule has 0 saturated heterocycles. The molecule has 9 heteroatoms. The van der Waals surface area contributed by atoms with Crippen molar-refractivity contribution in [1.82, 2.24) is 14.7 Å². The van der Waals surface area contributed by atoms with Crippen molar-refractivity contribution in [2.24, 2.45) is 5.92 Å². The largest absolute Gasteiger partial charge is 0.481 e. The van der Waals surface area contributed by atoms with Crippen molar-refractivity contribution in [2.45, 2.75) is 31.7 Å². The van der Waals surface area contributed by atoms with Gasteiger partial charge in [-0.3, -0.25) is 14.3 Å². The van der Waals surface area contributed by atoms with Gasteiger partial charge in [-0.05, 0) is 5.92 Å². The van der Waals surface area contributed by atoms with Gasteiger partial charge < -0.3 is 5.11 Å². The van der Waals surface area contributed by atoms with Crippen molar-refractivity contribution in [3.8, 4) is 0 Å². The predicted octanol–water partition coefficient (Wildman–Crippen LogP) is 0.224. The Morgan fingerprint density at radius 2 is 2.26 bits per heavy atom. The molecule has 0 aliphatic heterocycles. The Hall–Kier alpha value is -1.45. The van der Waals surface area contributed by atoms with Crippen molar-refractivity contribution in [2.75, 3.05) is 6.61 Å². The van der Waals surface area contributed by atoms with E-state index >= 15 is 0 Å². The summed E-state index contributed by atoms with van der Waals surface area (Å²) in [4.78, 5) is 17.2. The van der Waals surface area contributed by atoms with Crippen LogP contribution in [0.1, 0.15) is 20.3 Å². The molecule has 1 heterocycles. The van der Waals surface area contributed by atoms with Gasteiger partial charge in [-0.2, -0.15) is 5.10 Å². The zero-order valence-electron chi connectivity index (χ0n) is 10.7. The molecule has 0 fully saturated rings. The summed E-state index contributed by atoms with van der Waals surface area (Å²) in [5, 5.41) is 12.3. The highest BCUT2D eigenvalue weighted by Gasteiger charge is 2.17. The molecule has 0 aliphatic carbocycles. The third-order valence-corrected chi connectivity index (χ3v) is 3.23. The molecule has 0 spiro atoms. The van der Waals surface area contributed by atoms with E-state index in [1.165, 1.54) is 10.9 Å². The number of sulfonamides is 1. The van der Waals surface area contributed by atoms with Gasteiger partial charge in [0.2, 0.25) is 0 Å². The topological polar surface area (TPSA) is 111 Å². The molecule has 0 aliphatic rings. The lowest BCUT2D eigenvalue weighted by Crippen LogP contribution is -2.25. The maximum Gasteiger partial charge on any atom is 0.305 e. The van der Waals surface area contributed by atoms with Gasteiger partial charge in [-0.15, -0.1) is 0 Å². The third-order valence-electron chi connectivity index (χ3n) is 2.06. The second-order valence-corrected chi connectivity index (χ2v) is 6.02. The first kappa shape index (κ1) is 15.6. The number of carboxylic acid groups (broad SMARTS) is 1. The van der Waals surface area contributed by atoms with Crippen LogP contribution in [0.5, 0.6) is 0 Å². The Balaban J connectivity index is 2.61. The van der Waals surface area contributed by atoms with Crippen molar-refractivity contribution in [3.63, 3.8) is 0 Å². The highest BCUT2D eigenvalue weighted by molar-refractivity contribution is 7.89. The van der Waals surface area contributed by atoms with Crippen LogP contribution in [0.4, 0.5) is 0 Å². The van der Waals surface area contributed by atoms with E-state index < -0.39 is 16.0 Å². The molecule has 108 valence electrons. The standard InChI is InChI=1S/C10H17N3O5S/c1-8(2)7-18-12-19(16,17)9-5-11-13(6-9)4-3-10(14)15/h5-6,8,12H,3-4,7H2,1-2H3,(H,14,15).